The highest BCUT2D eigenvalue weighted by atomic mass is 32.2. The highest BCUT2D eigenvalue weighted by Gasteiger charge is 2.16. The van der Waals surface area contributed by atoms with Gasteiger partial charge in [0, 0.05) is 13.3 Å². The number of nitrogens with one attached hydrogen (secondary N) is 1. The molecular formula is C15H20N2O5S. The number of unbranched alkanes of at least 4 members (excludes halogenated alkanes) is 1. The van der Waals surface area contributed by atoms with Crippen LogP contribution < -0.4 is 4.72 Å². The Morgan fingerprint density at radius 3 is 2.57 bits per heavy atom. The second-order valence-corrected chi connectivity index (χ2v) is 6.92. The Bertz CT molecular complexity index is 666. The summed E-state index contributed by atoms with van der Waals surface area (Å²) in [4.78, 5) is 33.3. The number of aldehydes is 1. The van der Waals surface area contributed by atoms with Crippen molar-refractivity contribution in [2.75, 3.05) is 5.75 Å². The van der Waals surface area contributed by atoms with Crippen LogP contribution in [0.1, 0.15) is 38.4 Å². The van der Waals surface area contributed by atoms with Crippen LogP contribution in [0.5, 0.6) is 0 Å². The second kappa shape index (κ2) is 9.04. The summed E-state index contributed by atoms with van der Waals surface area (Å²) < 4.78 is 23.3. The number of nitrogens with zero attached hydrogens (tertiary/aromatic N) is 1. The van der Waals surface area contributed by atoms with Crippen molar-refractivity contribution < 1.29 is 23.3 Å². The van der Waals surface area contributed by atoms with E-state index in [9.17, 15) is 18.6 Å². The minimum atomic E-state index is -3.30. The van der Waals surface area contributed by atoms with Gasteiger partial charge in [-0.1, -0.05) is 30.3 Å². The largest absolute Gasteiger partial charge is 0.443 e. The Morgan fingerprint density at radius 2 is 2.00 bits per heavy atom. The van der Waals surface area contributed by atoms with Gasteiger partial charge in [-0.2, -0.15) is 0 Å². The van der Waals surface area contributed by atoms with Gasteiger partial charge in [0.05, 0.1) is 5.75 Å². The molecule has 0 aliphatic rings. The van der Waals surface area contributed by atoms with E-state index in [1.807, 2.05) is 6.07 Å². The van der Waals surface area contributed by atoms with Crippen LogP contribution in [0.25, 0.3) is 0 Å². The molecule has 2 atom stereocenters. The van der Waals surface area contributed by atoms with Crippen LogP contribution in [0.2, 0.25) is 0 Å². The zero-order valence-corrected chi connectivity index (χ0v) is 13.9. The van der Waals surface area contributed by atoms with Gasteiger partial charge in [-0.05, 0) is 18.9 Å². The fraction of sp³-hybridized carbons (Fsp3) is 0.400. The van der Waals surface area contributed by atoms with Gasteiger partial charge in [0.2, 0.25) is 5.91 Å². The maximum Gasteiger partial charge on any atom is 0.443 e. The first-order valence-corrected chi connectivity index (χ1v) is 8.77. The molecule has 1 rings (SSSR count). The highest BCUT2D eigenvalue weighted by molar-refractivity contribution is 7.92. The van der Waals surface area contributed by atoms with E-state index in [0.717, 1.165) is 5.56 Å². The number of ether oxygens (including phenoxy) is 1. The third kappa shape index (κ3) is 7.05. The molecule has 0 aliphatic carbocycles. The van der Waals surface area contributed by atoms with Gasteiger partial charge in [0.15, 0.2) is 0 Å². The number of amides is 2. The van der Waals surface area contributed by atoms with Gasteiger partial charge >= 0.3 is 6.09 Å². The fourth-order valence-electron chi connectivity index (χ4n) is 1.79. The third-order valence-corrected chi connectivity index (χ3v) is 4.71. The predicted molar refractivity (Wildman–Crippen MR) is 85.9 cm³/mol. The first kappa shape index (κ1) is 18.8. The minimum Gasteiger partial charge on any atom is -0.440 e. The van der Waals surface area contributed by atoms with Crippen LogP contribution in [0.3, 0.4) is 0 Å². The molecular weight excluding hydrogens is 320 g/mol. The van der Waals surface area contributed by atoms with Crippen molar-refractivity contribution in [3.05, 3.63) is 35.9 Å². The number of hydrogen-bond donors (Lipinski definition) is 1. The van der Waals surface area contributed by atoms with Crippen molar-refractivity contribution in [3.8, 4) is 0 Å². The van der Waals surface area contributed by atoms with Gasteiger partial charge < -0.3 is 9.53 Å². The van der Waals surface area contributed by atoms with E-state index in [4.69, 9.17) is 4.74 Å². The maximum atomic E-state index is 12.5. The SMILES string of the molecule is CC(=O)NS(=O)(CCCC=O)=NC(=O)O[C@@H](C)c1ccccc1. The number of benzene rings is 1. The Balaban J connectivity index is 2.84. The number of carbonyl (C=O) groups excluding carboxylic acids is 3. The molecule has 2 amide bonds. The van der Waals surface area contributed by atoms with Crippen LogP contribution in [-0.4, -0.2) is 28.2 Å². The summed E-state index contributed by atoms with van der Waals surface area (Å²) in [5.74, 6) is -0.672. The fourth-order valence-corrected chi connectivity index (χ4v) is 3.32. The summed E-state index contributed by atoms with van der Waals surface area (Å²) in [6, 6.07) is 9.01. The Kier molecular flexibility index (Phi) is 7.40. The molecule has 0 radical (unpaired) electrons. The van der Waals surface area contributed by atoms with Crippen LogP contribution >= 0.6 is 0 Å². The molecule has 1 aromatic carbocycles. The lowest BCUT2D eigenvalue weighted by Gasteiger charge is -2.13. The summed E-state index contributed by atoms with van der Waals surface area (Å²) >= 11 is 0. The van der Waals surface area contributed by atoms with E-state index in [-0.39, 0.29) is 18.6 Å². The van der Waals surface area contributed by atoms with Gasteiger partial charge in [-0.15, -0.1) is 4.36 Å². The van der Waals surface area contributed by atoms with E-state index >= 15 is 0 Å². The molecule has 8 heteroatoms. The second-order valence-electron chi connectivity index (χ2n) is 4.84. The summed E-state index contributed by atoms with van der Waals surface area (Å²) in [7, 11) is -3.30. The van der Waals surface area contributed by atoms with E-state index in [1.54, 1.807) is 31.2 Å². The van der Waals surface area contributed by atoms with Gasteiger partial charge in [0.1, 0.15) is 22.3 Å². The summed E-state index contributed by atoms with van der Waals surface area (Å²) in [6.45, 7) is 2.84. The normalized spacial score (nSPS) is 14.2. The smallest absolute Gasteiger partial charge is 0.440 e. The molecule has 0 heterocycles. The molecule has 23 heavy (non-hydrogen) atoms. The van der Waals surface area contributed by atoms with Gasteiger partial charge in [-0.25, -0.2) is 9.00 Å². The van der Waals surface area contributed by atoms with Crippen molar-refractivity contribution in [3.63, 3.8) is 0 Å². The monoisotopic (exact) mass is 340 g/mol. The number of hydrogen-bond acceptors (Lipinski definition) is 5. The summed E-state index contributed by atoms with van der Waals surface area (Å²) in [5, 5.41) is 0. The van der Waals surface area contributed by atoms with E-state index < -0.39 is 28.0 Å². The molecule has 0 aliphatic heterocycles. The van der Waals surface area contributed by atoms with Gasteiger partial charge in [-0.3, -0.25) is 9.52 Å². The lowest BCUT2D eigenvalue weighted by molar-refractivity contribution is -0.117. The average molecular weight is 340 g/mol. The summed E-state index contributed by atoms with van der Waals surface area (Å²) in [5.41, 5.74) is 0.767. The van der Waals surface area contributed by atoms with Gasteiger partial charge in [0.25, 0.3) is 0 Å². The lowest BCUT2D eigenvalue weighted by Crippen LogP contribution is -2.31. The first-order valence-electron chi connectivity index (χ1n) is 7.08. The van der Waals surface area contributed by atoms with Crippen molar-refractivity contribution in [1.82, 2.24) is 4.72 Å². The summed E-state index contributed by atoms with van der Waals surface area (Å²) in [6.07, 6.45) is -0.506. The lowest BCUT2D eigenvalue weighted by atomic mass is 10.1. The molecule has 7 nitrogen and oxygen atoms in total. The number of carbonyl (C=O) groups is 3. The van der Waals surface area contributed by atoms with Crippen LogP contribution in [0.15, 0.2) is 34.7 Å². The van der Waals surface area contributed by atoms with Crippen molar-refractivity contribution in [2.45, 2.75) is 32.8 Å². The molecule has 1 unspecified atom stereocenters. The third-order valence-electron chi connectivity index (χ3n) is 2.81. The zero-order chi connectivity index (χ0) is 17.3. The van der Waals surface area contributed by atoms with Crippen LogP contribution in [-0.2, 0) is 24.2 Å². The molecule has 126 valence electrons. The molecule has 0 bridgehead atoms. The Morgan fingerprint density at radius 1 is 1.35 bits per heavy atom. The predicted octanol–water partition coefficient (Wildman–Crippen LogP) is 2.38. The minimum absolute atomic E-state index is 0.0971. The van der Waals surface area contributed by atoms with E-state index in [1.165, 1.54) is 6.92 Å². The topological polar surface area (TPSA) is 102 Å². The van der Waals surface area contributed by atoms with E-state index in [0.29, 0.717) is 6.29 Å². The Hall–Kier alpha value is -2.22. The van der Waals surface area contributed by atoms with Crippen LogP contribution in [0, 0.1) is 0 Å². The molecule has 1 aromatic rings. The number of rotatable bonds is 7. The molecule has 0 fully saturated rings. The molecule has 0 saturated carbocycles. The molecule has 1 N–H and O–H groups in total. The molecule has 0 spiro atoms. The van der Waals surface area contributed by atoms with Crippen molar-refractivity contribution >= 4 is 28.2 Å². The van der Waals surface area contributed by atoms with E-state index in [2.05, 4.69) is 9.08 Å². The first-order chi connectivity index (χ1) is 10.9. The van der Waals surface area contributed by atoms with Crippen molar-refractivity contribution in [1.29, 1.82) is 0 Å². The average Bonchev–Trinajstić information content (AvgIpc) is 2.47. The van der Waals surface area contributed by atoms with Crippen molar-refractivity contribution in [2.24, 2.45) is 4.36 Å². The Labute approximate surface area is 135 Å². The quantitative estimate of drug-likeness (QED) is 0.606. The molecule has 0 saturated heterocycles. The molecule has 0 aromatic heterocycles. The van der Waals surface area contributed by atoms with Crippen LogP contribution in [0.4, 0.5) is 4.79 Å². The zero-order valence-electron chi connectivity index (χ0n) is 13.1. The highest BCUT2D eigenvalue weighted by Crippen LogP contribution is 2.17. The standard InChI is InChI=1S/C15H20N2O5S/c1-12(14-8-4-3-5-9-14)22-15(20)17-23(21,16-13(2)19)11-7-6-10-18/h3-5,8-10,12H,6-7,11H2,1-2H3,(H,16,17,19,20,21)/t12-,23?/m0/s1. The maximum absolute atomic E-state index is 12.5.